The molecule has 0 radical (unpaired) electrons. The first-order chi connectivity index (χ1) is 16.1. The van der Waals surface area contributed by atoms with Crippen LogP contribution in [0.25, 0.3) is 10.8 Å². The highest BCUT2D eigenvalue weighted by Gasteiger charge is 2.16. The molecule has 8 nitrogen and oxygen atoms in total. The van der Waals surface area contributed by atoms with E-state index in [4.69, 9.17) is 0 Å². The highest BCUT2D eigenvalue weighted by Crippen LogP contribution is 2.26. The molecule has 0 atom stereocenters. The third kappa shape index (κ3) is 5.53. The Kier molecular flexibility index (Phi) is 6.27. The number of hydrogen-bond donors (Lipinski definition) is 3. The molecule has 0 spiro atoms. The second-order valence-electron chi connectivity index (χ2n) is 7.56. The van der Waals surface area contributed by atoms with Crippen molar-refractivity contribution in [3.8, 4) is 0 Å². The summed E-state index contributed by atoms with van der Waals surface area (Å²) in [4.78, 5) is 12.5. The summed E-state index contributed by atoms with van der Waals surface area (Å²) in [5.74, 6) is -0.421. The van der Waals surface area contributed by atoms with Crippen molar-refractivity contribution in [1.82, 2.24) is 0 Å². The van der Waals surface area contributed by atoms with E-state index in [1.54, 1.807) is 12.1 Å². The molecule has 174 valence electrons. The van der Waals surface area contributed by atoms with Crippen LogP contribution < -0.4 is 14.8 Å². The fourth-order valence-electron chi connectivity index (χ4n) is 3.34. The number of carbonyl (C=O) groups excluding carboxylic acids is 1. The predicted molar refractivity (Wildman–Crippen MR) is 134 cm³/mol. The molecule has 0 unspecified atom stereocenters. The Morgan fingerprint density at radius 2 is 1.29 bits per heavy atom. The summed E-state index contributed by atoms with van der Waals surface area (Å²) >= 11 is 0. The van der Waals surface area contributed by atoms with Gasteiger partial charge in [-0.05, 0) is 60.0 Å². The van der Waals surface area contributed by atoms with Crippen molar-refractivity contribution >= 4 is 53.8 Å². The lowest BCUT2D eigenvalue weighted by Crippen LogP contribution is -2.14. The van der Waals surface area contributed by atoms with Gasteiger partial charge in [0.25, 0.3) is 15.9 Å². The van der Waals surface area contributed by atoms with Crippen LogP contribution in [0.2, 0.25) is 0 Å². The first kappa shape index (κ1) is 23.3. The highest BCUT2D eigenvalue weighted by molar-refractivity contribution is 7.92. The fourth-order valence-corrected chi connectivity index (χ4v) is 4.99. The summed E-state index contributed by atoms with van der Waals surface area (Å²) in [6.45, 7) is 0. The Bertz CT molecular complexity index is 1560. The SMILES string of the molecule is CS(=O)(=O)Nc1ccc(C(=O)Nc2ccc(S(=O)(=O)Nc3cccc4ccccc34)cc2)cc1. The molecule has 0 aliphatic rings. The van der Waals surface area contributed by atoms with Gasteiger partial charge in [0.05, 0.1) is 16.8 Å². The van der Waals surface area contributed by atoms with E-state index in [1.807, 2.05) is 30.3 Å². The first-order valence-electron chi connectivity index (χ1n) is 10.1. The standard InChI is InChI=1S/C24H21N3O5S2/c1-33(29,30)26-20-11-9-18(10-12-20)24(28)25-19-13-15-21(16-14-19)34(31,32)27-23-8-4-6-17-5-2-3-7-22(17)23/h2-16,26-27H,1H3,(H,25,28). The van der Waals surface area contributed by atoms with Crippen LogP contribution in [-0.4, -0.2) is 29.0 Å². The molecule has 4 aromatic carbocycles. The second-order valence-corrected chi connectivity index (χ2v) is 11.0. The van der Waals surface area contributed by atoms with Gasteiger partial charge in [0, 0.05) is 22.3 Å². The topological polar surface area (TPSA) is 121 Å². The van der Waals surface area contributed by atoms with Crippen LogP contribution in [-0.2, 0) is 20.0 Å². The Labute approximate surface area is 197 Å². The lowest BCUT2D eigenvalue weighted by Gasteiger charge is -2.12. The molecule has 0 saturated heterocycles. The summed E-state index contributed by atoms with van der Waals surface area (Å²) in [6, 6.07) is 24.6. The first-order valence-corrected chi connectivity index (χ1v) is 13.5. The average molecular weight is 496 g/mol. The molecule has 0 aliphatic carbocycles. The van der Waals surface area contributed by atoms with Crippen molar-refractivity contribution in [1.29, 1.82) is 0 Å². The largest absolute Gasteiger partial charge is 0.322 e. The molecular weight excluding hydrogens is 474 g/mol. The van der Waals surface area contributed by atoms with Crippen molar-refractivity contribution < 1.29 is 21.6 Å². The van der Waals surface area contributed by atoms with Gasteiger partial charge in [0.2, 0.25) is 10.0 Å². The maximum Gasteiger partial charge on any atom is 0.261 e. The maximum atomic E-state index is 12.9. The number of nitrogens with one attached hydrogen (secondary N) is 3. The zero-order valence-corrected chi connectivity index (χ0v) is 19.7. The molecule has 0 aromatic heterocycles. The third-order valence-electron chi connectivity index (χ3n) is 4.91. The molecular formula is C24H21N3O5S2. The Morgan fingerprint density at radius 1 is 0.676 bits per heavy atom. The number of rotatable bonds is 7. The molecule has 0 bridgehead atoms. The normalized spacial score (nSPS) is 11.7. The second kappa shape index (κ2) is 9.16. The van der Waals surface area contributed by atoms with E-state index in [-0.39, 0.29) is 4.90 Å². The number of benzene rings is 4. The molecule has 0 aliphatic heterocycles. The maximum absolute atomic E-state index is 12.9. The van der Waals surface area contributed by atoms with Gasteiger partial charge < -0.3 is 5.32 Å². The summed E-state index contributed by atoms with van der Waals surface area (Å²) in [5, 5.41) is 4.39. The van der Waals surface area contributed by atoms with Gasteiger partial charge in [-0.25, -0.2) is 16.8 Å². The van der Waals surface area contributed by atoms with Crippen molar-refractivity contribution in [3.05, 3.63) is 96.6 Å². The van der Waals surface area contributed by atoms with Gasteiger partial charge >= 0.3 is 0 Å². The molecule has 10 heteroatoms. The number of sulfonamides is 2. The Balaban J connectivity index is 1.46. The van der Waals surface area contributed by atoms with Crippen molar-refractivity contribution in [2.75, 3.05) is 21.0 Å². The summed E-state index contributed by atoms with van der Waals surface area (Å²) in [6.07, 6.45) is 1.04. The van der Waals surface area contributed by atoms with Crippen LogP contribution in [0.3, 0.4) is 0 Å². The third-order valence-corrected chi connectivity index (χ3v) is 6.89. The number of fused-ring (bicyclic) bond motifs is 1. The van der Waals surface area contributed by atoms with Crippen LogP contribution >= 0.6 is 0 Å². The smallest absolute Gasteiger partial charge is 0.261 e. The van der Waals surface area contributed by atoms with Gasteiger partial charge in [-0.15, -0.1) is 0 Å². The van der Waals surface area contributed by atoms with E-state index in [2.05, 4.69) is 14.8 Å². The predicted octanol–water partition coefficient (Wildman–Crippen LogP) is 4.26. The van der Waals surface area contributed by atoms with E-state index < -0.39 is 26.0 Å². The van der Waals surface area contributed by atoms with Crippen LogP contribution in [0.4, 0.5) is 17.1 Å². The Morgan fingerprint density at radius 3 is 1.97 bits per heavy atom. The van der Waals surface area contributed by atoms with Gasteiger partial charge in [-0.2, -0.15) is 0 Å². The number of hydrogen-bond acceptors (Lipinski definition) is 5. The molecule has 34 heavy (non-hydrogen) atoms. The molecule has 0 saturated carbocycles. The molecule has 4 rings (SSSR count). The van der Waals surface area contributed by atoms with Crippen molar-refractivity contribution in [2.45, 2.75) is 4.90 Å². The molecule has 0 heterocycles. The van der Waals surface area contributed by atoms with E-state index in [0.717, 1.165) is 17.0 Å². The quantitative estimate of drug-likeness (QED) is 0.354. The molecule has 4 aromatic rings. The number of anilines is 3. The zero-order chi connectivity index (χ0) is 24.3. The zero-order valence-electron chi connectivity index (χ0n) is 18.0. The minimum atomic E-state index is -3.84. The number of amides is 1. The van der Waals surface area contributed by atoms with Gasteiger partial charge in [-0.1, -0.05) is 36.4 Å². The minimum Gasteiger partial charge on any atom is -0.322 e. The van der Waals surface area contributed by atoms with Crippen LogP contribution in [0.5, 0.6) is 0 Å². The lowest BCUT2D eigenvalue weighted by molar-refractivity contribution is 0.102. The van der Waals surface area contributed by atoms with Gasteiger partial charge in [0.15, 0.2) is 0 Å². The summed E-state index contributed by atoms with van der Waals surface area (Å²) in [5.41, 5.74) is 1.54. The van der Waals surface area contributed by atoms with Crippen LogP contribution in [0.1, 0.15) is 10.4 Å². The lowest BCUT2D eigenvalue weighted by atomic mass is 10.1. The van der Waals surface area contributed by atoms with E-state index in [0.29, 0.717) is 22.6 Å². The van der Waals surface area contributed by atoms with E-state index in [1.165, 1.54) is 48.5 Å². The van der Waals surface area contributed by atoms with E-state index >= 15 is 0 Å². The van der Waals surface area contributed by atoms with Crippen LogP contribution in [0, 0.1) is 0 Å². The molecule has 1 amide bonds. The van der Waals surface area contributed by atoms with Crippen molar-refractivity contribution in [3.63, 3.8) is 0 Å². The highest BCUT2D eigenvalue weighted by atomic mass is 32.2. The van der Waals surface area contributed by atoms with Crippen LogP contribution in [0.15, 0.2) is 95.9 Å². The summed E-state index contributed by atoms with van der Waals surface area (Å²) in [7, 11) is -7.25. The summed E-state index contributed by atoms with van der Waals surface area (Å²) < 4.78 is 53.3. The van der Waals surface area contributed by atoms with Gasteiger partial charge in [0.1, 0.15) is 0 Å². The minimum absolute atomic E-state index is 0.0506. The Hall–Kier alpha value is -3.89. The van der Waals surface area contributed by atoms with Crippen molar-refractivity contribution in [2.24, 2.45) is 0 Å². The van der Waals surface area contributed by atoms with E-state index in [9.17, 15) is 21.6 Å². The molecule has 3 N–H and O–H groups in total. The fraction of sp³-hybridized carbons (Fsp3) is 0.0417. The van der Waals surface area contributed by atoms with Gasteiger partial charge in [-0.3, -0.25) is 14.2 Å². The average Bonchev–Trinajstić information content (AvgIpc) is 2.79. The molecule has 0 fully saturated rings. The monoisotopic (exact) mass is 495 g/mol. The number of carbonyl (C=O) groups is 1.